The van der Waals surface area contributed by atoms with Crippen molar-refractivity contribution in [2.75, 3.05) is 19.6 Å². The topological polar surface area (TPSA) is 31.1 Å². The fourth-order valence-corrected chi connectivity index (χ4v) is 1.96. The van der Waals surface area contributed by atoms with Crippen LogP contribution < -0.4 is 5.32 Å². The number of aromatic nitrogens is 1. The summed E-state index contributed by atoms with van der Waals surface area (Å²) in [6.45, 7) is 6.70. The highest BCUT2D eigenvalue weighted by Gasteiger charge is 2.26. The molecule has 0 unspecified atom stereocenters. The number of hydrogen-bond donors (Lipinski definition) is 2. The molecule has 1 saturated carbocycles. The molecule has 1 fully saturated rings. The van der Waals surface area contributed by atoms with Gasteiger partial charge in [0.25, 0.3) is 0 Å². The lowest BCUT2D eigenvalue weighted by molar-refractivity contribution is 0.277. The van der Waals surface area contributed by atoms with Crippen molar-refractivity contribution >= 4 is 0 Å². The van der Waals surface area contributed by atoms with Gasteiger partial charge in [-0.25, -0.2) is 0 Å². The van der Waals surface area contributed by atoms with Crippen molar-refractivity contribution in [1.29, 1.82) is 0 Å². The van der Waals surface area contributed by atoms with E-state index in [1.165, 1.54) is 31.5 Å². The molecule has 3 heteroatoms. The molecule has 1 aromatic heterocycles. The molecule has 1 heterocycles. The molecular weight excluding hydrogens is 186 g/mol. The highest BCUT2D eigenvalue weighted by Crippen LogP contribution is 2.25. The molecule has 0 atom stereocenters. The average Bonchev–Trinajstić information content (AvgIpc) is 2.95. The van der Waals surface area contributed by atoms with Crippen LogP contribution in [0.4, 0.5) is 0 Å². The minimum Gasteiger partial charge on any atom is -0.367 e. The highest BCUT2D eigenvalue weighted by atomic mass is 15.2. The van der Waals surface area contributed by atoms with E-state index in [0.29, 0.717) is 0 Å². The van der Waals surface area contributed by atoms with Crippen LogP contribution in [0, 0.1) is 0 Å². The van der Waals surface area contributed by atoms with E-state index in [1.54, 1.807) is 0 Å². The fraction of sp³-hybridized carbons (Fsp3) is 0.667. The van der Waals surface area contributed by atoms with Gasteiger partial charge in [0, 0.05) is 38.1 Å². The number of nitrogens with one attached hydrogen (secondary N) is 2. The summed E-state index contributed by atoms with van der Waals surface area (Å²) in [5.74, 6) is 0. The highest BCUT2D eigenvalue weighted by molar-refractivity contribution is 5.07. The lowest BCUT2D eigenvalue weighted by Gasteiger charge is -2.19. The molecule has 0 spiro atoms. The van der Waals surface area contributed by atoms with E-state index in [1.807, 2.05) is 12.4 Å². The van der Waals surface area contributed by atoms with Crippen LogP contribution in [0.5, 0.6) is 0 Å². The van der Waals surface area contributed by atoms with Crippen molar-refractivity contribution < 1.29 is 0 Å². The Hall–Kier alpha value is -0.800. The predicted molar refractivity (Wildman–Crippen MR) is 62.8 cm³/mol. The van der Waals surface area contributed by atoms with Crippen LogP contribution in [-0.2, 0) is 6.54 Å². The monoisotopic (exact) mass is 207 g/mol. The molecule has 2 rings (SSSR count). The van der Waals surface area contributed by atoms with Gasteiger partial charge in [-0.3, -0.25) is 4.90 Å². The second kappa shape index (κ2) is 5.33. The normalized spacial score (nSPS) is 16.1. The van der Waals surface area contributed by atoms with E-state index in [-0.39, 0.29) is 0 Å². The Labute approximate surface area is 91.9 Å². The number of hydrogen-bond acceptors (Lipinski definition) is 2. The lowest BCUT2D eigenvalue weighted by atomic mass is 10.3. The summed E-state index contributed by atoms with van der Waals surface area (Å²) in [7, 11) is 0. The fourth-order valence-electron chi connectivity index (χ4n) is 1.96. The van der Waals surface area contributed by atoms with Gasteiger partial charge in [-0.1, -0.05) is 6.92 Å². The molecule has 1 aliphatic carbocycles. The quantitative estimate of drug-likeness (QED) is 0.665. The van der Waals surface area contributed by atoms with Gasteiger partial charge in [-0.05, 0) is 31.0 Å². The first kappa shape index (κ1) is 10.7. The Bertz CT molecular complexity index is 264. The molecule has 1 aromatic rings. The Morgan fingerprint density at radius 1 is 1.53 bits per heavy atom. The van der Waals surface area contributed by atoms with E-state index in [9.17, 15) is 0 Å². The molecule has 0 radical (unpaired) electrons. The maximum Gasteiger partial charge on any atom is 0.0220 e. The second-order valence-electron chi connectivity index (χ2n) is 4.26. The van der Waals surface area contributed by atoms with Crippen LogP contribution in [0.1, 0.15) is 25.3 Å². The van der Waals surface area contributed by atoms with Gasteiger partial charge in [0.05, 0.1) is 0 Å². The Morgan fingerprint density at radius 3 is 3.00 bits per heavy atom. The Morgan fingerprint density at radius 2 is 2.40 bits per heavy atom. The van der Waals surface area contributed by atoms with Gasteiger partial charge in [0.15, 0.2) is 0 Å². The molecule has 2 N–H and O–H groups in total. The van der Waals surface area contributed by atoms with E-state index in [4.69, 9.17) is 0 Å². The third kappa shape index (κ3) is 3.36. The van der Waals surface area contributed by atoms with Gasteiger partial charge >= 0.3 is 0 Å². The molecule has 0 amide bonds. The molecule has 0 aliphatic heterocycles. The first-order valence-electron chi connectivity index (χ1n) is 5.96. The van der Waals surface area contributed by atoms with Gasteiger partial charge < -0.3 is 10.3 Å². The smallest absolute Gasteiger partial charge is 0.0220 e. The van der Waals surface area contributed by atoms with E-state index in [0.717, 1.165) is 19.1 Å². The van der Waals surface area contributed by atoms with Crippen molar-refractivity contribution in [1.82, 2.24) is 15.2 Å². The number of likely N-dealkylation sites (N-methyl/N-ethyl adjacent to an activating group) is 1. The van der Waals surface area contributed by atoms with Gasteiger partial charge in [-0.2, -0.15) is 0 Å². The average molecular weight is 207 g/mol. The molecule has 0 bridgehead atoms. The maximum absolute atomic E-state index is 3.47. The van der Waals surface area contributed by atoms with E-state index in [2.05, 4.69) is 28.2 Å². The van der Waals surface area contributed by atoms with E-state index >= 15 is 0 Å². The zero-order valence-electron chi connectivity index (χ0n) is 9.50. The number of nitrogens with zero attached hydrogens (tertiary/aromatic N) is 1. The molecule has 0 aromatic carbocycles. The number of rotatable bonds is 7. The van der Waals surface area contributed by atoms with E-state index < -0.39 is 0 Å². The Kier molecular flexibility index (Phi) is 3.80. The minimum atomic E-state index is 0.893. The first-order valence-corrected chi connectivity index (χ1v) is 5.96. The summed E-state index contributed by atoms with van der Waals surface area (Å²) in [4.78, 5) is 5.64. The van der Waals surface area contributed by atoms with Gasteiger partial charge in [-0.15, -0.1) is 0 Å². The Balaban J connectivity index is 1.58. The summed E-state index contributed by atoms with van der Waals surface area (Å²) in [5.41, 5.74) is 1.34. The number of aromatic amines is 1. The standard InChI is InChI=1S/C12H21N3/c1-2-15(12-3-4-12)8-7-14-10-11-5-6-13-9-11/h5-6,9,12-14H,2-4,7-8,10H2,1H3. The molecule has 1 aliphatic rings. The molecule has 0 saturated heterocycles. The van der Waals surface area contributed by atoms with Gasteiger partial charge in [0.2, 0.25) is 0 Å². The molecule has 15 heavy (non-hydrogen) atoms. The van der Waals surface area contributed by atoms with Crippen LogP contribution in [0.15, 0.2) is 18.5 Å². The van der Waals surface area contributed by atoms with Crippen molar-refractivity contribution in [2.24, 2.45) is 0 Å². The second-order valence-corrected chi connectivity index (χ2v) is 4.26. The van der Waals surface area contributed by atoms with Crippen LogP contribution in [0.2, 0.25) is 0 Å². The summed E-state index contributed by atoms with van der Waals surface area (Å²) >= 11 is 0. The zero-order valence-corrected chi connectivity index (χ0v) is 9.50. The van der Waals surface area contributed by atoms with Crippen molar-refractivity contribution in [3.8, 4) is 0 Å². The van der Waals surface area contributed by atoms with Crippen LogP contribution in [-0.4, -0.2) is 35.6 Å². The SMILES string of the molecule is CCN(CCNCc1cc[nH]c1)C1CC1. The van der Waals surface area contributed by atoms with Gasteiger partial charge in [0.1, 0.15) is 0 Å². The van der Waals surface area contributed by atoms with Crippen molar-refractivity contribution in [3.63, 3.8) is 0 Å². The first-order chi connectivity index (χ1) is 7.40. The maximum atomic E-state index is 3.47. The van der Waals surface area contributed by atoms with Crippen molar-refractivity contribution in [2.45, 2.75) is 32.4 Å². The summed E-state index contributed by atoms with van der Waals surface area (Å²) in [5, 5.41) is 3.47. The van der Waals surface area contributed by atoms with Crippen LogP contribution >= 0.6 is 0 Å². The molecule has 84 valence electrons. The molecule has 3 nitrogen and oxygen atoms in total. The number of H-pyrrole nitrogens is 1. The summed E-state index contributed by atoms with van der Waals surface area (Å²) in [6.07, 6.45) is 6.84. The third-order valence-corrected chi connectivity index (χ3v) is 3.04. The third-order valence-electron chi connectivity index (χ3n) is 3.04. The zero-order chi connectivity index (χ0) is 10.5. The minimum absolute atomic E-state index is 0.893. The lowest BCUT2D eigenvalue weighted by Crippen LogP contribution is -2.33. The largest absolute Gasteiger partial charge is 0.367 e. The molecular formula is C12H21N3. The summed E-state index contributed by atoms with van der Waals surface area (Å²) in [6, 6.07) is 3.01. The van der Waals surface area contributed by atoms with Crippen LogP contribution in [0.3, 0.4) is 0 Å². The summed E-state index contributed by atoms with van der Waals surface area (Å²) < 4.78 is 0. The predicted octanol–water partition coefficient (Wildman–Crippen LogP) is 1.59. The van der Waals surface area contributed by atoms with Crippen LogP contribution in [0.25, 0.3) is 0 Å². The van der Waals surface area contributed by atoms with Crippen molar-refractivity contribution in [3.05, 3.63) is 24.0 Å².